The minimum Gasteiger partial charge on any atom is -0.480 e. The minimum atomic E-state index is -0.727. The molecule has 3 rings (SSSR count). The molecule has 0 aliphatic carbocycles. The maximum atomic E-state index is 11.7. The van der Waals surface area contributed by atoms with Crippen LogP contribution in [0, 0.1) is 0 Å². The van der Waals surface area contributed by atoms with E-state index in [1.54, 1.807) is 11.8 Å². The highest BCUT2D eigenvalue weighted by Crippen LogP contribution is 2.36. The molecule has 1 saturated heterocycles. The summed E-state index contributed by atoms with van der Waals surface area (Å²) in [5, 5.41) is 9.60. The van der Waals surface area contributed by atoms with E-state index in [-0.39, 0.29) is 6.04 Å². The van der Waals surface area contributed by atoms with Gasteiger partial charge in [0.1, 0.15) is 6.04 Å². The molecule has 1 N–H and O–H groups in total. The lowest BCUT2D eigenvalue weighted by molar-refractivity contribution is -0.142. The standard InChI is InChI=1S/C19H20BrNO2S/c1-24-16-10-6-14(7-11-16)18(13-4-8-15(20)9-5-13)21-12-2-3-17(21)19(22)23/h4-11,17-18H,2-3,12H2,1H3,(H,22,23). The molecule has 0 bridgehead atoms. The summed E-state index contributed by atoms with van der Waals surface area (Å²) in [5.41, 5.74) is 2.27. The third kappa shape index (κ3) is 3.68. The average Bonchev–Trinajstić information content (AvgIpc) is 3.07. The lowest BCUT2D eigenvalue weighted by Crippen LogP contribution is -2.39. The molecule has 1 heterocycles. The van der Waals surface area contributed by atoms with Crippen molar-refractivity contribution in [1.29, 1.82) is 0 Å². The van der Waals surface area contributed by atoms with Crippen molar-refractivity contribution >= 4 is 33.7 Å². The van der Waals surface area contributed by atoms with Gasteiger partial charge in [0.2, 0.25) is 0 Å². The summed E-state index contributed by atoms with van der Waals surface area (Å²) in [6, 6.07) is 16.2. The molecule has 0 aromatic heterocycles. The highest BCUT2D eigenvalue weighted by Gasteiger charge is 2.36. The Kier molecular flexibility index (Phi) is 5.64. The van der Waals surface area contributed by atoms with Gasteiger partial charge < -0.3 is 5.11 Å². The lowest BCUT2D eigenvalue weighted by Gasteiger charge is -2.32. The van der Waals surface area contributed by atoms with Crippen LogP contribution in [0.3, 0.4) is 0 Å². The van der Waals surface area contributed by atoms with Crippen molar-refractivity contribution in [1.82, 2.24) is 4.90 Å². The van der Waals surface area contributed by atoms with E-state index in [4.69, 9.17) is 0 Å². The molecular formula is C19H20BrNO2S. The first-order chi connectivity index (χ1) is 11.6. The van der Waals surface area contributed by atoms with Gasteiger partial charge in [0.15, 0.2) is 0 Å². The highest BCUT2D eigenvalue weighted by molar-refractivity contribution is 9.10. The zero-order valence-electron chi connectivity index (χ0n) is 13.5. The van der Waals surface area contributed by atoms with E-state index in [0.29, 0.717) is 6.42 Å². The van der Waals surface area contributed by atoms with Gasteiger partial charge in [-0.15, -0.1) is 11.8 Å². The molecule has 1 fully saturated rings. The van der Waals surface area contributed by atoms with Gasteiger partial charge in [-0.1, -0.05) is 40.2 Å². The number of hydrogen-bond acceptors (Lipinski definition) is 3. The van der Waals surface area contributed by atoms with Crippen molar-refractivity contribution in [3.63, 3.8) is 0 Å². The number of benzene rings is 2. The molecule has 1 aliphatic rings. The first-order valence-electron chi connectivity index (χ1n) is 7.98. The van der Waals surface area contributed by atoms with Crippen molar-refractivity contribution in [3.8, 4) is 0 Å². The van der Waals surface area contributed by atoms with Gasteiger partial charge in [-0.25, -0.2) is 0 Å². The third-order valence-corrected chi connectivity index (χ3v) is 5.80. The van der Waals surface area contributed by atoms with Crippen LogP contribution in [-0.2, 0) is 4.79 Å². The van der Waals surface area contributed by atoms with E-state index < -0.39 is 12.0 Å². The summed E-state index contributed by atoms with van der Waals surface area (Å²) in [7, 11) is 0. The molecule has 2 aromatic carbocycles. The number of rotatable bonds is 5. The van der Waals surface area contributed by atoms with Crippen LogP contribution in [0.1, 0.15) is 30.0 Å². The molecule has 126 valence electrons. The van der Waals surface area contributed by atoms with Gasteiger partial charge in [0.05, 0.1) is 6.04 Å². The largest absolute Gasteiger partial charge is 0.480 e. The molecular weight excluding hydrogens is 386 g/mol. The maximum Gasteiger partial charge on any atom is 0.320 e. The SMILES string of the molecule is CSc1ccc(C(c2ccc(Br)cc2)N2CCCC2C(=O)O)cc1. The highest BCUT2D eigenvalue weighted by atomic mass is 79.9. The van der Waals surface area contributed by atoms with Crippen LogP contribution < -0.4 is 0 Å². The second-order valence-electron chi connectivity index (χ2n) is 5.96. The van der Waals surface area contributed by atoms with Crippen LogP contribution >= 0.6 is 27.7 Å². The van der Waals surface area contributed by atoms with Gasteiger partial charge in [0, 0.05) is 15.9 Å². The van der Waals surface area contributed by atoms with Crippen LogP contribution in [0.5, 0.6) is 0 Å². The van der Waals surface area contributed by atoms with E-state index >= 15 is 0 Å². The van der Waals surface area contributed by atoms with Crippen LogP contribution in [0.2, 0.25) is 0 Å². The monoisotopic (exact) mass is 405 g/mol. The Morgan fingerprint density at radius 1 is 1.17 bits per heavy atom. The van der Waals surface area contributed by atoms with Crippen LogP contribution in [0.4, 0.5) is 0 Å². The Hall–Kier alpha value is -1.30. The predicted molar refractivity (Wildman–Crippen MR) is 102 cm³/mol. The van der Waals surface area contributed by atoms with Gasteiger partial charge in [-0.2, -0.15) is 0 Å². The topological polar surface area (TPSA) is 40.5 Å². The van der Waals surface area contributed by atoms with E-state index in [1.165, 1.54) is 4.90 Å². The summed E-state index contributed by atoms with van der Waals surface area (Å²) in [6.07, 6.45) is 3.69. The molecule has 2 atom stereocenters. The van der Waals surface area contributed by atoms with E-state index in [9.17, 15) is 9.90 Å². The number of hydrogen-bond donors (Lipinski definition) is 1. The molecule has 0 amide bonds. The van der Waals surface area contributed by atoms with Crippen LogP contribution in [-0.4, -0.2) is 34.8 Å². The Balaban J connectivity index is 2.02. The number of aliphatic carboxylic acids is 1. The van der Waals surface area contributed by atoms with Crippen LogP contribution in [0.15, 0.2) is 57.9 Å². The van der Waals surface area contributed by atoms with Crippen LogP contribution in [0.25, 0.3) is 0 Å². The molecule has 2 aromatic rings. The van der Waals surface area contributed by atoms with E-state index in [2.05, 4.69) is 63.5 Å². The maximum absolute atomic E-state index is 11.7. The first-order valence-corrected chi connectivity index (χ1v) is 10.00. The number of nitrogens with zero attached hydrogens (tertiary/aromatic N) is 1. The normalized spacial score (nSPS) is 19.3. The minimum absolute atomic E-state index is 0.0300. The fourth-order valence-electron chi connectivity index (χ4n) is 3.37. The lowest BCUT2D eigenvalue weighted by atomic mass is 9.96. The van der Waals surface area contributed by atoms with E-state index in [0.717, 1.165) is 28.6 Å². The number of likely N-dealkylation sites (tertiary alicyclic amines) is 1. The number of carboxylic acids is 1. The number of halogens is 1. The summed E-state index contributed by atoms with van der Waals surface area (Å²) in [6.45, 7) is 0.808. The summed E-state index contributed by atoms with van der Waals surface area (Å²) < 4.78 is 1.03. The number of carboxylic acid groups (broad SMARTS) is 1. The zero-order valence-corrected chi connectivity index (χ0v) is 15.9. The molecule has 5 heteroatoms. The van der Waals surface area contributed by atoms with Crippen molar-refractivity contribution in [2.75, 3.05) is 12.8 Å². The molecule has 2 unspecified atom stereocenters. The Morgan fingerprint density at radius 2 is 1.75 bits per heavy atom. The van der Waals surface area contributed by atoms with Gasteiger partial charge in [-0.05, 0) is 54.5 Å². The summed E-state index contributed by atoms with van der Waals surface area (Å²) in [4.78, 5) is 15.0. The van der Waals surface area contributed by atoms with Gasteiger partial charge in [-0.3, -0.25) is 9.69 Å². The molecule has 24 heavy (non-hydrogen) atoms. The molecule has 0 saturated carbocycles. The molecule has 1 aliphatic heterocycles. The summed E-state index contributed by atoms with van der Waals surface area (Å²) >= 11 is 5.19. The fourth-order valence-corrected chi connectivity index (χ4v) is 4.04. The van der Waals surface area contributed by atoms with Crippen molar-refractivity contribution in [3.05, 3.63) is 64.1 Å². The van der Waals surface area contributed by atoms with Gasteiger partial charge in [0.25, 0.3) is 0 Å². The van der Waals surface area contributed by atoms with Crippen molar-refractivity contribution < 1.29 is 9.90 Å². The Labute approximate surface area is 155 Å². The second-order valence-corrected chi connectivity index (χ2v) is 7.76. The first kappa shape index (κ1) is 17.5. The molecule has 0 radical (unpaired) electrons. The van der Waals surface area contributed by atoms with Gasteiger partial charge >= 0.3 is 5.97 Å². The number of thioether (sulfide) groups is 1. The van der Waals surface area contributed by atoms with Crippen molar-refractivity contribution in [2.24, 2.45) is 0 Å². The Morgan fingerprint density at radius 3 is 2.29 bits per heavy atom. The smallest absolute Gasteiger partial charge is 0.320 e. The average molecular weight is 406 g/mol. The number of carbonyl (C=O) groups is 1. The predicted octanol–water partition coefficient (Wildman–Crippen LogP) is 4.81. The third-order valence-electron chi connectivity index (χ3n) is 4.53. The van der Waals surface area contributed by atoms with Crippen molar-refractivity contribution in [2.45, 2.75) is 29.8 Å². The quantitative estimate of drug-likeness (QED) is 0.724. The fraction of sp³-hybridized carbons (Fsp3) is 0.316. The molecule has 0 spiro atoms. The second kappa shape index (κ2) is 7.72. The zero-order chi connectivity index (χ0) is 17.1. The Bertz CT molecular complexity index is 702. The molecule has 3 nitrogen and oxygen atoms in total. The summed E-state index contributed by atoms with van der Waals surface area (Å²) in [5.74, 6) is -0.727. The van der Waals surface area contributed by atoms with E-state index in [1.807, 2.05) is 12.1 Å².